The Balaban J connectivity index is 3.49. The lowest BCUT2D eigenvalue weighted by molar-refractivity contribution is 0.742. The van der Waals surface area contributed by atoms with E-state index < -0.39 is 0 Å². The van der Waals surface area contributed by atoms with Crippen molar-refractivity contribution in [2.75, 3.05) is 6.54 Å². The van der Waals surface area contributed by atoms with Crippen molar-refractivity contribution in [2.24, 2.45) is 16.6 Å². The maximum Gasteiger partial charge on any atom is 0.0905 e. The molecule has 0 spiro atoms. The van der Waals surface area contributed by atoms with Crippen LogP contribution in [0.1, 0.15) is 13.8 Å². The van der Waals surface area contributed by atoms with Gasteiger partial charge in [0.1, 0.15) is 0 Å². The van der Waals surface area contributed by atoms with Crippen LogP contribution in [0.15, 0.2) is 17.6 Å². The highest BCUT2D eigenvalue weighted by Gasteiger charge is 1.90. The smallest absolute Gasteiger partial charge is 0.0905 e. The molecule has 0 aliphatic heterocycles. The van der Waals surface area contributed by atoms with E-state index in [1.165, 1.54) is 0 Å². The van der Waals surface area contributed by atoms with Crippen molar-refractivity contribution in [1.29, 1.82) is 0 Å². The molecular formula is C7H14N2. The van der Waals surface area contributed by atoms with Gasteiger partial charge in [0.25, 0.3) is 0 Å². The molecule has 0 aromatic carbocycles. The molecule has 2 nitrogen and oxygen atoms in total. The summed E-state index contributed by atoms with van der Waals surface area (Å²) in [5.41, 5.74) is 5.31. The van der Waals surface area contributed by atoms with Crippen LogP contribution in [0.25, 0.3) is 0 Å². The summed E-state index contributed by atoms with van der Waals surface area (Å²) < 4.78 is 0. The molecule has 0 saturated heterocycles. The van der Waals surface area contributed by atoms with Gasteiger partial charge >= 0.3 is 0 Å². The number of hydrogen-bond donors (Lipinski definition) is 1. The summed E-state index contributed by atoms with van der Waals surface area (Å²) in [4.78, 5) is 4.02. The normalized spacial score (nSPS) is 15.1. The average Bonchev–Trinajstić information content (AvgIpc) is 1.83. The second-order valence-electron chi connectivity index (χ2n) is 2.20. The van der Waals surface area contributed by atoms with E-state index >= 15 is 0 Å². The van der Waals surface area contributed by atoms with E-state index in [9.17, 15) is 0 Å². The number of aliphatic imine (C=N–C) groups is 1. The number of hydrogen-bond acceptors (Lipinski definition) is 1. The van der Waals surface area contributed by atoms with Gasteiger partial charge in [0.05, 0.1) is 5.84 Å². The first kappa shape index (κ1) is 8.21. The molecule has 9 heavy (non-hydrogen) atoms. The summed E-state index contributed by atoms with van der Waals surface area (Å²) in [5.74, 6) is 1.08. The van der Waals surface area contributed by atoms with Crippen LogP contribution in [0.4, 0.5) is 0 Å². The maximum absolute atomic E-state index is 5.31. The van der Waals surface area contributed by atoms with Crippen molar-refractivity contribution in [3.05, 3.63) is 12.7 Å². The Morgan fingerprint density at radius 3 is 2.78 bits per heavy atom. The van der Waals surface area contributed by atoms with Gasteiger partial charge in [0.15, 0.2) is 0 Å². The Labute approximate surface area is 56.5 Å². The molecule has 1 unspecified atom stereocenters. The third-order valence-electron chi connectivity index (χ3n) is 1.03. The lowest BCUT2D eigenvalue weighted by Gasteiger charge is -1.98. The Morgan fingerprint density at radius 2 is 2.44 bits per heavy atom. The van der Waals surface area contributed by atoms with Crippen LogP contribution in [0.2, 0.25) is 0 Å². The topological polar surface area (TPSA) is 38.4 Å². The minimum Gasteiger partial charge on any atom is -0.388 e. The predicted octanol–water partition coefficient (Wildman–Crippen LogP) is 1.19. The molecule has 0 aliphatic carbocycles. The Kier molecular flexibility index (Phi) is 3.76. The third-order valence-corrected chi connectivity index (χ3v) is 1.03. The molecule has 0 aliphatic rings. The highest BCUT2D eigenvalue weighted by molar-refractivity contribution is 5.77. The summed E-state index contributed by atoms with van der Waals surface area (Å²) in [6.07, 6.45) is 1.87. The van der Waals surface area contributed by atoms with E-state index in [1.807, 2.05) is 6.08 Å². The summed E-state index contributed by atoms with van der Waals surface area (Å²) in [6.45, 7) is 8.23. The van der Waals surface area contributed by atoms with E-state index in [1.54, 1.807) is 6.92 Å². The quantitative estimate of drug-likeness (QED) is 0.344. The van der Waals surface area contributed by atoms with Gasteiger partial charge in [-0.25, -0.2) is 0 Å². The minimum absolute atomic E-state index is 0.434. The molecule has 2 N–H and O–H groups in total. The largest absolute Gasteiger partial charge is 0.388 e. The van der Waals surface area contributed by atoms with Crippen LogP contribution in [0.3, 0.4) is 0 Å². The predicted molar refractivity (Wildman–Crippen MR) is 41.5 cm³/mol. The molecule has 0 saturated carbocycles. The van der Waals surface area contributed by atoms with Crippen LogP contribution in [-0.4, -0.2) is 12.4 Å². The number of rotatable bonds is 3. The van der Waals surface area contributed by atoms with Gasteiger partial charge in [0.2, 0.25) is 0 Å². The molecule has 0 heterocycles. The van der Waals surface area contributed by atoms with Gasteiger partial charge in [-0.3, -0.25) is 4.99 Å². The molecule has 0 amide bonds. The second kappa shape index (κ2) is 4.13. The monoisotopic (exact) mass is 126 g/mol. The molecule has 0 aromatic heterocycles. The Hall–Kier alpha value is -0.790. The standard InChI is InChI=1S/C7H14N2/c1-4-6(2)5-9-7(3)8/h4,6H,1,5H2,2-3H3,(H2,8,9). The van der Waals surface area contributed by atoms with Gasteiger partial charge < -0.3 is 5.73 Å². The minimum atomic E-state index is 0.434. The molecule has 2 heteroatoms. The zero-order valence-electron chi connectivity index (χ0n) is 6.09. The fourth-order valence-electron chi connectivity index (χ4n) is 0.363. The fourth-order valence-corrected chi connectivity index (χ4v) is 0.363. The van der Waals surface area contributed by atoms with E-state index in [0.29, 0.717) is 11.8 Å². The van der Waals surface area contributed by atoms with Crippen LogP contribution < -0.4 is 5.73 Å². The van der Waals surface area contributed by atoms with Gasteiger partial charge in [-0.2, -0.15) is 0 Å². The fraction of sp³-hybridized carbons (Fsp3) is 0.571. The highest BCUT2D eigenvalue weighted by Crippen LogP contribution is 1.94. The van der Waals surface area contributed by atoms with Gasteiger partial charge in [-0.05, 0) is 12.8 Å². The van der Waals surface area contributed by atoms with E-state index in [2.05, 4.69) is 18.5 Å². The Bertz CT molecular complexity index is 112. The second-order valence-corrected chi connectivity index (χ2v) is 2.20. The summed E-state index contributed by atoms with van der Waals surface area (Å²) in [6, 6.07) is 0. The maximum atomic E-state index is 5.31. The van der Waals surface area contributed by atoms with E-state index in [4.69, 9.17) is 5.73 Å². The molecule has 0 rings (SSSR count). The van der Waals surface area contributed by atoms with Crippen LogP contribution >= 0.6 is 0 Å². The zero-order valence-corrected chi connectivity index (χ0v) is 6.09. The number of nitrogens with two attached hydrogens (primary N) is 1. The summed E-state index contributed by atoms with van der Waals surface area (Å²) >= 11 is 0. The first-order valence-electron chi connectivity index (χ1n) is 3.06. The first-order chi connectivity index (χ1) is 4.16. The summed E-state index contributed by atoms with van der Waals surface area (Å²) in [5, 5.41) is 0. The van der Waals surface area contributed by atoms with Crippen molar-refractivity contribution in [1.82, 2.24) is 0 Å². The lowest BCUT2D eigenvalue weighted by Crippen LogP contribution is -2.08. The van der Waals surface area contributed by atoms with E-state index in [0.717, 1.165) is 6.54 Å². The van der Waals surface area contributed by atoms with Gasteiger partial charge in [0, 0.05) is 6.54 Å². The molecule has 0 fully saturated rings. The van der Waals surface area contributed by atoms with Crippen molar-refractivity contribution in [3.63, 3.8) is 0 Å². The van der Waals surface area contributed by atoms with Gasteiger partial charge in [-0.1, -0.05) is 13.0 Å². The van der Waals surface area contributed by atoms with E-state index in [-0.39, 0.29) is 0 Å². The lowest BCUT2D eigenvalue weighted by atomic mass is 10.2. The number of amidine groups is 1. The molecule has 0 bridgehead atoms. The highest BCUT2D eigenvalue weighted by atomic mass is 14.8. The van der Waals surface area contributed by atoms with Gasteiger partial charge in [-0.15, -0.1) is 6.58 Å². The third kappa shape index (κ3) is 5.07. The van der Waals surface area contributed by atoms with Crippen LogP contribution in [0.5, 0.6) is 0 Å². The Morgan fingerprint density at radius 1 is 1.89 bits per heavy atom. The van der Waals surface area contributed by atoms with Crippen LogP contribution in [0, 0.1) is 5.92 Å². The molecule has 52 valence electrons. The van der Waals surface area contributed by atoms with Crippen molar-refractivity contribution in [2.45, 2.75) is 13.8 Å². The number of nitrogens with zero attached hydrogens (tertiary/aromatic N) is 1. The van der Waals surface area contributed by atoms with Crippen molar-refractivity contribution in [3.8, 4) is 0 Å². The molecule has 0 aromatic rings. The zero-order chi connectivity index (χ0) is 7.28. The summed E-state index contributed by atoms with van der Waals surface area (Å²) in [7, 11) is 0. The molecule has 1 atom stereocenters. The van der Waals surface area contributed by atoms with Crippen molar-refractivity contribution < 1.29 is 0 Å². The molecular weight excluding hydrogens is 112 g/mol. The van der Waals surface area contributed by atoms with Crippen LogP contribution in [-0.2, 0) is 0 Å². The molecule has 0 radical (unpaired) electrons. The average molecular weight is 126 g/mol. The van der Waals surface area contributed by atoms with Crippen molar-refractivity contribution >= 4 is 5.84 Å². The first-order valence-corrected chi connectivity index (χ1v) is 3.06. The SMILES string of the molecule is C=CC(C)CN=C(C)N.